The second kappa shape index (κ2) is 9.80. The highest BCUT2D eigenvalue weighted by molar-refractivity contribution is 8.18. The number of benzene rings is 2. The molecule has 6 nitrogen and oxygen atoms in total. The van der Waals surface area contributed by atoms with Gasteiger partial charge < -0.3 is 9.73 Å². The van der Waals surface area contributed by atoms with Crippen LogP contribution in [0.15, 0.2) is 63.9 Å². The smallest absolute Gasteiger partial charge is 0.416 e. The van der Waals surface area contributed by atoms with E-state index in [1.165, 1.54) is 12.1 Å². The molecule has 1 fully saturated rings. The minimum atomic E-state index is -4.58. The van der Waals surface area contributed by atoms with Gasteiger partial charge in [0.25, 0.3) is 11.1 Å². The first kappa shape index (κ1) is 24.9. The van der Waals surface area contributed by atoms with Crippen LogP contribution in [0, 0.1) is 0 Å². The molecule has 2 aromatic carbocycles. The molecular formula is C23H13Cl2F3N2O4S. The van der Waals surface area contributed by atoms with Gasteiger partial charge in [-0.25, -0.2) is 0 Å². The Balaban J connectivity index is 1.46. The summed E-state index contributed by atoms with van der Waals surface area (Å²) < 4.78 is 44.3. The quantitative estimate of drug-likeness (QED) is 0.354. The number of thioether (sulfide) groups is 1. The van der Waals surface area contributed by atoms with Crippen molar-refractivity contribution in [1.82, 2.24) is 4.90 Å². The summed E-state index contributed by atoms with van der Waals surface area (Å²) in [6.45, 7) is -0.667. The van der Waals surface area contributed by atoms with Crippen LogP contribution in [0.3, 0.4) is 0 Å². The number of alkyl halides is 3. The van der Waals surface area contributed by atoms with Gasteiger partial charge in [0, 0.05) is 17.3 Å². The van der Waals surface area contributed by atoms with Crippen molar-refractivity contribution in [1.29, 1.82) is 0 Å². The van der Waals surface area contributed by atoms with E-state index in [1.807, 2.05) is 0 Å². The Morgan fingerprint density at radius 2 is 1.83 bits per heavy atom. The minimum absolute atomic E-state index is 0.0139. The van der Waals surface area contributed by atoms with Gasteiger partial charge in [-0.1, -0.05) is 35.3 Å². The highest BCUT2D eigenvalue weighted by Gasteiger charge is 2.37. The SMILES string of the molecule is O=C(CN1C(=O)SC(=Cc2ccc(-c3cccc(Cl)c3Cl)o2)C1=O)Nc1cccc(C(F)(F)F)c1. The van der Waals surface area contributed by atoms with Crippen LogP contribution in [0.5, 0.6) is 0 Å². The molecule has 35 heavy (non-hydrogen) atoms. The van der Waals surface area contributed by atoms with Gasteiger partial charge in [-0.3, -0.25) is 19.3 Å². The number of hydrogen-bond donors (Lipinski definition) is 1. The highest BCUT2D eigenvalue weighted by Crippen LogP contribution is 2.36. The van der Waals surface area contributed by atoms with E-state index in [9.17, 15) is 27.6 Å². The Morgan fingerprint density at radius 1 is 1.09 bits per heavy atom. The number of halogens is 5. The number of carbonyl (C=O) groups excluding carboxylic acids is 3. The highest BCUT2D eigenvalue weighted by atomic mass is 35.5. The molecule has 12 heteroatoms. The second-order valence-corrected chi connectivity index (χ2v) is 8.98. The molecule has 1 aliphatic rings. The van der Waals surface area contributed by atoms with Crippen LogP contribution < -0.4 is 5.32 Å². The van der Waals surface area contributed by atoms with Gasteiger partial charge in [-0.2, -0.15) is 13.2 Å². The molecule has 1 aliphatic heterocycles. The summed E-state index contributed by atoms with van der Waals surface area (Å²) in [4.78, 5) is 38.0. The molecule has 180 valence electrons. The van der Waals surface area contributed by atoms with Crippen molar-refractivity contribution in [2.75, 3.05) is 11.9 Å². The summed E-state index contributed by atoms with van der Waals surface area (Å²) >= 11 is 12.8. The van der Waals surface area contributed by atoms with E-state index in [4.69, 9.17) is 27.6 Å². The molecule has 2 heterocycles. The molecule has 0 unspecified atom stereocenters. The Morgan fingerprint density at radius 3 is 2.57 bits per heavy atom. The summed E-state index contributed by atoms with van der Waals surface area (Å²) in [5.74, 6) is -0.917. The maximum atomic E-state index is 12.9. The number of furan rings is 1. The maximum Gasteiger partial charge on any atom is 0.416 e. The van der Waals surface area contributed by atoms with E-state index < -0.39 is 35.3 Å². The van der Waals surface area contributed by atoms with Crippen LogP contribution in [-0.4, -0.2) is 28.5 Å². The lowest BCUT2D eigenvalue weighted by atomic mass is 10.2. The normalized spacial score (nSPS) is 15.2. The standard InChI is InChI=1S/C23H13Cl2F3N2O4S/c24-16-6-2-5-15(20(16)25)17-8-7-14(34-17)10-18-21(32)30(22(33)35-18)11-19(31)29-13-4-1-3-12(9-13)23(26,27)28/h1-10H,11H2,(H,29,31). The van der Waals surface area contributed by atoms with Crippen LogP contribution in [0.4, 0.5) is 23.7 Å². The van der Waals surface area contributed by atoms with E-state index in [0.29, 0.717) is 38.0 Å². The molecule has 0 aliphatic carbocycles. The first-order valence-electron chi connectivity index (χ1n) is 9.79. The Hall–Kier alpha value is -3.21. The van der Waals surface area contributed by atoms with Crippen molar-refractivity contribution >= 4 is 63.8 Å². The van der Waals surface area contributed by atoms with Crippen LogP contribution in [-0.2, 0) is 15.8 Å². The van der Waals surface area contributed by atoms with Gasteiger partial charge in [-0.15, -0.1) is 0 Å². The van der Waals surface area contributed by atoms with Crippen LogP contribution >= 0.6 is 35.0 Å². The van der Waals surface area contributed by atoms with Crippen LogP contribution in [0.25, 0.3) is 17.4 Å². The number of nitrogens with one attached hydrogen (secondary N) is 1. The lowest BCUT2D eigenvalue weighted by Gasteiger charge is -2.13. The fraction of sp³-hybridized carbons (Fsp3) is 0.0870. The fourth-order valence-corrected chi connectivity index (χ4v) is 4.36. The number of carbonyl (C=O) groups is 3. The Kier molecular flexibility index (Phi) is 6.98. The molecule has 0 radical (unpaired) electrons. The molecular weight excluding hydrogens is 528 g/mol. The van der Waals surface area contributed by atoms with Gasteiger partial charge >= 0.3 is 6.18 Å². The van der Waals surface area contributed by atoms with E-state index in [0.717, 1.165) is 18.2 Å². The van der Waals surface area contributed by atoms with E-state index in [-0.39, 0.29) is 16.4 Å². The van der Waals surface area contributed by atoms with Crippen LogP contribution in [0.2, 0.25) is 10.0 Å². The van der Waals surface area contributed by atoms with Gasteiger partial charge in [0.2, 0.25) is 5.91 Å². The zero-order valence-corrected chi connectivity index (χ0v) is 19.7. The number of hydrogen-bond acceptors (Lipinski definition) is 5. The zero-order valence-electron chi connectivity index (χ0n) is 17.4. The third-order valence-electron chi connectivity index (χ3n) is 4.77. The third kappa shape index (κ3) is 5.55. The summed E-state index contributed by atoms with van der Waals surface area (Å²) in [5, 5.41) is 2.19. The average molecular weight is 541 g/mol. The van der Waals surface area contributed by atoms with E-state index in [2.05, 4.69) is 5.32 Å². The maximum absolute atomic E-state index is 12.9. The first-order valence-corrected chi connectivity index (χ1v) is 11.4. The van der Waals surface area contributed by atoms with E-state index in [1.54, 1.807) is 30.3 Å². The zero-order chi connectivity index (χ0) is 25.3. The van der Waals surface area contributed by atoms with Crippen molar-refractivity contribution in [2.45, 2.75) is 6.18 Å². The van der Waals surface area contributed by atoms with Gasteiger partial charge in [0.05, 0.1) is 20.5 Å². The largest absolute Gasteiger partial charge is 0.457 e. The molecule has 1 saturated heterocycles. The first-order chi connectivity index (χ1) is 16.5. The molecule has 0 bridgehead atoms. The summed E-state index contributed by atoms with van der Waals surface area (Å²) in [6, 6.07) is 12.2. The number of amides is 3. The monoisotopic (exact) mass is 540 g/mol. The molecule has 4 rings (SSSR count). The Labute approximate surface area is 210 Å². The average Bonchev–Trinajstić information content (AvgIpc) is 3.35. The summed E-state index contributed by atoms with van der Waals surface area (Å²) in [7, 11) is 0. The fourth-order valence-electron chi connectivity index (χ4n) is 3.15. The third-order valence-corrected chi connectivity index (χ3v) is 6.49. The molecule has 0 atom stereocenters. The molecule has 3 aromatic rings. The number of rotatable bonds is 5. The number of imide groups is 1. The predicted molar refractivity (Wildman–Crippen MR) is 127 cm³/mol. The number of nitrogens with zero attached hydrogens (tertiary/aromatic N) is 1. The topological polar surface area (TPSA) is 79.6 Å². The van der Waals surface area contributed by atoms with Crippen molar-refractivity contribution in [2.24, 2.45) is 0 Å². The molecule has 3 amide bonds. The number of anilines is 1. The molecule has 1 N–H and O–H groups in total. The lowest BCUT2D eigenvalue weighted by Crippen LogP contribution is -2.36. The molecule has 0 spiro atoms. The van der Waals surface area contributed by atoms with Gasteiger partial charge in [-0.05, 0) is 54.2 Å². The van der Waals surface area contributed by atoms with Crippen molar-refractivity contribution < 1.29 is 32.0 Å². The second-order valence-electron chi connectivity index (χ2n) is 7.20. The summed E-state index contributed by atoms with van der Waals surface area (Å²) in [5.41, 5.74) is -0.519. The van der Waals surface area contributed by atoms with Crippen LogP contribution in [0.1, 0.15) is 11.3 Å². The Bertz CT molecular complexity index is 1370. The van der Waals surface area contributed by atoms with Crippen molar-refractivity contribution in [3.05, 3.63) is 80.9 Å². The van der Waals surface area contributed by atoms with Gasteiger partial charge in [0.1, 0.15) is 18.1 Å². The van der Waals surface area contributed by atoms with Gasteiger partial charge in [0.15, 0.2) is 0 Å². The molecule has 0 saturated carbocycles. The predicted octanol–water partition coefficient (Wildman–Crippen LogP) is 6.95. The minimum Gasteiger partial charge on any atom is -0.457 e. The lowest BCUT2D eigenvalue weighted by molar-refractivity contribution is -0.137. The summed E-state index contributed by atoms with van der Waals surface area (Å²) in [6.07, 6.45) is -3.24. The molecule has 1 aromatic heterocycles. The van der Waals surface area contributed by atoms with E-state index >= 15 is 0 Å². The van der Waals surface area contributed by atoms with Crippen molar-refractivity contribution in [3.63, 3.8) is 0 Å². The van der Waals surface area contributed by atoms with Crippen molar-refractivity contribution in [3.8, 4) is 11.3 Å².